The Labute approximate surface area is 112 Å². The highest BCUT2D eigenvalue weighted by molar-refractivity contribution is 9.10. The van der Waals surface area contributed by atoms with Crippen LogP contribution in [-0.4, -0.2) is 24.5 Å². The van der Waals surface area contributed by atoms with Crippen molar-refractivity contribution >= 4 is 15.9 Å². The van der Waals surface area contributed by atoms with E-state index in [9.17, 15) is 0 Å². The van der Waals surface area contributed by atoms with Crippen LogP contribution in [0.3, 0.4) is 0 Å². The topological polar surface area (TPSA) is 29.3 Å². The second-order valence-electron chi connectivity index (χ2n) is 4.91. The fourth-order valence-electron chi connectivity index (χ4n) is 2.82. The maximum Gasteiger partial charge on any atom is 0.0470 e. The number of benzene rings is 1. The standard InChI is InChI=1S/C14H21BrN2/c1-17(13-7-2-3-8-13)14(10-16)11-5-4-6-12(15)9-11/h4-6,9,13-14H,2-3,7-8,10,16H2,1H3. The molecule has 1 aliphatic carbocycles. The lowest BCUT2D eigenvalue weighted by atomic mass is 10.0. The average molecular weight is 297 g/mol. The molecule has 2 nitrogen and oxygen atoms in total. The summed E-state index contributed by atoms with van der Waals surface area (Å²) in [6.07, 6.45) is 5.37. The van der Waals surface area contributed by atoms with Crippen molar-refractivity contribution in [3.05, 3.63) is 34.3 Å². The van der Waals surface area contributed by atoms with Crippen molar-refractivity contribution in [3.8, 4) is 0 Å². The largest absolute Gasteiger partial charge is 0.329 e. The summed E-state index contributed by atoms with van der Waals surface area (Å²) in [7, 11) is 2.22. The first-order chi connectivity index (χ1) is 8.22. The Morgan fingerprint density at radius 2 is 2.12 bits per heavy atom. The van der Waals surface area contributed by atoms with Gasteiger partial charge in [-0.3, -0.25) is 4.90 Å². The van der Waals surface area contributed by atoms with Gasteiger partial charge in [0.05, 0.1) is 0 Å². The van der Waals surface area contributed by atoms with E-state index in [2.05, 4.69) is 52.1 Å². The molecule has 0 amide bonds. The van der Waals surface area contributed by atoms with Crippen LogP contribution in [0.2, 0.25) is 0 Å². The molecule has 1 unspecified atom stereocenters. The molecule has 94 valence electrons. The number of likely N-dealkylation sites (N-methyl/N-ethyl adjacent to an activating group) is 1. The van der Waals surface area contributed by atoms with Crippen LogP contribution in [0.1, 0.15) is 37.3 Å². The summed E-state index contributed by atoms with van der Waals surface area (Å²) >= 11 is 3.53. The van der Waals surface area contributed by atoms with Gasteiger partial charge in [0.2, 0.25) is 0 Å². The van der Waals surface area contributed by atoms with Gasteiger partial charge in [0.15, 0.2) is 0 Å². The van der Waals surface area contributed by atoms with Crippen LogP contribution in [0, 0.1) is 0 Å². The maximum atomic E-state index is 5.97. The number of halogens is 1. The molecule has 0 aliphatic heterocycles. The van der Waals surface area contributed by atoms with Gasteiger partial charge < -0.3 is 5.73 Å². The first kappa shape index (κ1) is 13.1. The lowest BCUT2D eigenvalue weighted by molar-refractivity contribution is 0.179. The Morgan fingerprint density at radius 1 is 1.41 bits per heavy atom. The minimum absolute atomic E-state index is 0.343. The van der Waals surface area contributed by atoms with Gasteiger partial charge in [-0.1, -0.05) is 40.9 Å². The molecule has 1 aromatic rings. The van der Waals surface area contributed by atoms with Crippen LogP contribution in [0.25, 0.3) is 0 Å². The Kier molecular flexibility index (Phi) is 4.60. The van der Waals surface area contributed by atoms with E-state index in [0.29, 0.717) is 18.6 Å². The van der Waals surface area contributed by atoms with Crippen LogP contribution in [0.4, 0.5) is 0 Å². The Bertz CT molecular complexity index is 361. The summed E-state index contributed by atoms with van der Waals surface area (Å²) in [6.45, 7) is 0.684. The molecule has 0 bridgehead atoms. The van der Waals surface area contributed by atoms with Gasteiger partial charge in [-0.05, 0) is 37.6 Å². The fourth-order valence-corrected chi connectivity index (χ4v) is 3.23. The van der Waals surface area contributed by atoms with E-state index < -0.39 is 0 Å². The molecular weight excluding hydrogens is 276 g/mol. The second-order valence-corrected chi connectivity index (χ2v) is 5.83. The molecule has 1 aliphatic rings. The maximum absolute atomic E-state index is 5.97. The van der Waals surface area contributed by atoms with Gasteiger partial charge in [0.25, 0.3) is 0 Å². The summed E-state index contributed by atoms with van der Waals surface area (Å²) < 4.78 is 1.13. The molecule has 2 N–H and O–H groups in total. The molecule has 0 heterocycles. The highest BCUT2D eigenvalue weighted by atomic mass is 79.9. The Balaban J connectivity index is 2.14. The van der Waals surface area contributed by atoms with Gasteiger partial charge in [0, 0.05) is 23.1 Å². The van der Waals surface area contributed by atoms with E-state index in [0.717, 1.165) is 4.47 Å². The smallest absolute Gasteiger partial charge is 0.0470 e. The van der Waals surface area contributed by atoms with Crippen LogP contribution in [0.15, 0.2) is 28.7 Å². The average Bonchev–Trinajstić information content (AvgIpc) is 2.83. The lowest BCUT2D eigenvalue weighted by Crippen LogP contribution is -2.37. The summed E-state index contributed by atoms with van der Waals surface area (Å²) in [6, 6.07) is 9.56. The molecule has 0 spiro atoms. The second kappa shape index (κ2) is 5.98. The first-order valence-corrected chi connectivity index (χ1v) is 7.19. The van der Waals surface area contributed by atoms with E-state index in [1.54, 1.807) is 0 Å². The molecule has 0 radical (unpaired) electrons. The van der Waals surface area contributed by atoms with E-state index in [1.165, 1.54) is 31.2 Å². The summed E-state index contributed by atoms with van der Waals surface area (Å²) in [5.41, 5.74) is 7.28. The third-order valence-electron chi connectivity index (χ3n) is 3.85. The zero-order valence-electron chi connectivity index (χ0n) is 10.4. The van der Waals surface area contributed by atoms with Crippen molar-refractivity contribution in [1.29, 1.82) is 0 Å². The van der Waals surface area contributed by atoms with Crippen LogP contribution in [-0.2, 0) is 0 Å². The van der Waals surface area contributed by atoms with Crippen LogP contribution < -0.4 is 5.73 Å². The lowest BCUT2D eigenvalue weighted by Gasteiger charge is -2.32. The molecular formula is C14H21BrN2. The highest BCUT2D eigenvalue weighted by Crippen LogP contribution is 2.30. The van der Waals surface area contributed by atoms with E-state index in [4.69, 9.17) is 5.73 Å². The molecule has 1 aromatic carbocycles. The molecule has 1 atom stereocenters. The third kappa shape index (κ3) is 3.09. The molecule has 1 saturated carbocycles. The number of hydrogen-bond acceptors (Lipinski definition) is 2. The number of hydrogen-bond donors (Lipinski definition) is 1. The number of nitrogens with zero attached hydrogens (tertiary/aromatic N) is 1. The molecule has 0 saturated heterocycles. The highest BCUT2D eigenvalue weighted by Gasteiger charge is 2.25. The van der Waals surface area contributed by atoms with Gasteiger partial charge >= 0.3 is 0 Å². The van der Waals surface area contributed by atoms with Crippen molar-refractivity contribution in [2.75, 3.05) is 13.6 Å². The molecule has 0 aromatic heterocycles. The number of rotatable bonds is 4. The third-order valence-corrected chi connectivity index (χ3v) is 4.34. The van der Waals surface area contributed by atoms with Crippen molar-refractivity contribution in [1.82, 2.24) is 4.90 Å². The molecule has 1 fully saturated rings. The summed E-state index contributed by atoms with van der Waals surface area (Å²) in [5, 5.41) is 0. The zero-order chi connectivity index (χ0) is 12.3. The van der Waals surface area contributed by atoms with Crippen molar-refractivity contribution in [2.45, 2.75) is 37.8 Å². The summed E-state index contributed by atoms with van der Waals surface area (Å²) in [4.78, 5) is 2.47. The van der Waals surface area contributed by atoms with E-state index >= 15 is 0 Å². The summed E-state index contributed by atoms with van der Waals surface area (Å²) in [5.74, 6) is 0. The van der Waals surface area contributed by atoms with Crippen molar-refractivity contribution < 1.29 is 0 Å². The Hall–Kier alpha value is -0.380. The number of nitrogens with two attached hydrogens (primary N) is 1. The normalized spacial score (nSPS) is 18.8. The van der Waals surface area contributed by atoms with Crippen LogP contribution >= 0.6 is 15.9 Å². The fraction of sp³-hybridized carbons (Fsp3) is 0.571. The van der Waals surface area contributed by atoms with Gasteiger partial charge in [-0.2, -0.15) is 0 Å². The minimum Gasteiger partial charge on any atom is -0.329 e. The zero-order valence-corrected chi connectivity index (χ0v) is 12.0. The Morgan fingerprint density at radius 3 is 2.71 bits per heavy atom. The SMILES string of the molecule is CN(C1CCCC1)C(CN)c1cccc(Br)c1. The van der Waals surface area contributed by atoms with Gasteiger partial charge in [-0.25, -0.2) is 0 Å². The monoisotopic (exact) mass is 296 g/mol. The van der Waals surface area contributed by atoms with Gasteiger partial charge in [0.1, 0.15) is 0 Å². The molecule has 3 heteroatoms. The van der Waals surface area contributed by atoms with E-state index in [1.807, 2.05) is 0 Å². The van der Waals surface area contributed by atoms with Crippen molar-refractivity contribution in [2.24, 2.45) is 5.73 Å². The molecule has 17 heavy (non-hydrogen) atoms. The van der Waals surface area contributed by atoms with Gasteiger partial charge in [-0.15, -0.1) is 0 Å². The van der Waals surface area contributed by atoms with Crippen LogP contribution in [0.5, 0.6) is 0 Å². The van der Waals surface area contributed by atoms with E-state index in [-0.39, 0.29) is 0 Å². The first-order valence-electron chi connectivity index (χ1n) is 6.40. The van der Waals surface area contributed by atoms with Crippen molar-refractivity contribution in [3.63, 3.8) is 0 Å². The molecule has 2 rings (SSSR count). The quantitative estimate of drug-likeness (QED) is 0.923. The predicted molar refractivity (Wildman–Crippen MR) is 76.0 cm³/mol. The predicted octanol–water partition coefficient (Wildman–Crippen LogP) is 3.32. The minimum atomic E-state index is 0.343.